The molecule has 0 unspecified atom stereocenters. The predicted molar refractivity (Wildman–Crippen MR) is 51.5 cm³/mol. The van der Waals surface area contributed by atoms with Crippen molar-refractivity contribution in [3.05, 3.63) is 0 Å². The van der Waals surface area contributed by atoms with Gasteiger partial charge >= 0.3 is 0 Å². The molecule has 0 saturated carbocycles. The Hall–Kier alpha value is -0.303. The van der Waals surface area contributed by atoms with E-state index >= 15 is 0 Å². The summed E-state index contributed by atoms with van der Waals surface area (Å²) in [5.41, 5.74) is 3.20. The third kappa shape index (κ3) is 2.98. The Morgan fingerprint density at radius 1 is 1.42 bits per heavy atom. The first kappa shape index (κ1) is 9.78. The van der Waals surface area contributed by atoms with Gasteiger partial charge in [-0.15, -0.1) is 5.54 Å². The van der Waals surface area contributed by atoms with E-state index in [2.05, 4.69) is 31.1 Å². The standard InChI is InChI=1S/C9H16O2Si/c1-12(2,3)7-5-9-8(10)4-6-11-9/h8-10H,4,6H2,1-3H3/t8-,9-/m0/s1. The first-order chi connectivity index (χ1) is 5.49. The van der Waals surface area contributed by atoms with Gasteiger partial charge in [0.15, 0.2) is 0 Å². The molecular weight excluding hydrogens is 168 g/mol. The van der Waals surface area contributed by atoms with Crippen molar-refractivity contribution in [2.24, 2.45) is 0 Å². The van der Waals surface area contributed by atoms with Crippen LogP contribution in [0.5, 0.6) is 0 Å². The molecule has 2 atom stereocenters. The van der Waals surface area contributed by atoms with Crippen LogP contribution >= 0.6 is 0 Å². The number of aliphatic hydroxyl groups excluding tert-OH is 1. The maximum Gasteiger partial charge on any atom is 0.143 e. The topological polar surface area (TPSA) is 29.5 Å². The van der Waals surface area contributed by atoms with E-state index in [0.29, 0.717) is 6.61 Å². The molecule has 1 rings (SSSR count). The molecule has 68 valence electrons. The molecule has 0 radical (unpaired) electrons. The maximum atomic E-state index is 9.37. The molecule has 3 heteroatoms. The minimum Gasteiger partial charge on any atom is -0.389 e. The molecule has 0 aliphatic carbocycles. The van der Waals surface area contributed by atoms with Crippen molar-refractivity contribution in [2.75, 3.05) is 6.61 Å². The summed E-state index contributed by atoms with van der Waals surface area (Å²) in [5, 5.41) is 9.37. The molecule has 0 spiro atoms. The van der Waals surface area contributed by atoms with E-state index in [9.17, 15) is 5.11 Å². The smallest absolute Gasteiger partial charge is 0.143 e. The van der Waals surface area contributed by atoms with Gasteiger partial charge in [-0.1, -0.05) is 25.6 Å². The van der Waals surface area contributed by atoms with Crippen molar-refractivity contribution in [1.82, 2.24) is 0 Å². The lowest BCUT2D eigenvalue weighted by molar-refractivity contribution is 0.0812. The van der Waals surface area contributed by atoms with E-state index in [4.69, 9.17) is 4.74 Å². The summed E-state index contributed by atoms with van der Waals surface area (Å²) in [6.45, 7) is 7.19. The average Bonchev–Trinajstić information content (AvgIpc) is 2.29. The molecule has 2 nitrogen and oxygen atoms in total. The summed E-state index contributed by atoms with van der Waals surface area (Å²) in [7, 11) is -1.31. The molecule has 0 aromatic rings. The molecule has 1 aliphatic rings. The van der Waals surface area contributed by atoms with Crippen LogP contribution in [0, 0.1) is 11.5 Å². The lowest BCUT2D eigenvalue weighted by Gasteiger charge is -2.08. The van der Waals surface area contributed by atoms with Gasteiger partial charge < -0.3 is 9.84 Å². The Kier molecular flexibility index (Phi) is 2.94. The van der Waals surface area contributed by atoms with Crippen molar-refractivity contribution >= 4 is 8.07 Å². The molecule has 1 fully saturated rings. The van der Waals surface area contributed by atoms with Gasteiger partial charge in [-0.05, 0) is 0 Å². The number of rotatable bonds is 0. The van der Waals surface area contributed by atoms with Crippen LogP contribution in [0.25, 0.3) is 0 Å². The van der Waals surface area contributed by atoms with Gasteiger partial charge in [-0.2, -0.15) is 0 Å². The fourth-order valence-corrected chi connectivity index (χ4v) is 1.58. The van der Waals surface area contributed by atoms with Gasteiger partial charge in [0.25, 0.3) is 0 Å². The SMILES string of the molecule is C[Si](C)(C)C#C[C@@H]1OCC[C@@H]1O. The predicted octanol–water partition coefficient (Wildman–Crippen LogP) is 1.02. The third-order valence-electron chi connectivity index (χ3n) is 1.65. The Labute approximate surface area is 74.9 Å². The quantitative estimate of drug-likeness (QED) is 0.450. The normalized spacial score (nSPS) is 29.7. The van der Waals surface area contributed by atoms with Crippen LogP contribution in [-0.4, -0.2) is 32.0 Å². The first-order valence-electron chi connectivity index (χ1n) is 4.31. The lowest BCUT2D eigenvalue weighted by atomic mass is 10.2. The van der Waals surface area contributed by atoms with Gasteiger partial charge in [0.2, 0.25) is 0 Å². The third-order valence-corrected chi connectivity index (χ3v) is 2.54. The Morgan fingerprint density at radius 2 is 2.08 bits per heavy atom. The largest absolute Gasteiger partial charge is 0.389 e. The van der Waals surface area contributed by atoms with Crippen molar-refractivity contribution < 1.29 is 9.84 Å². The molecule has 0 aromatic carbocycles. The monoisotopic (exact) mass is 184 g/mol. The summed E-state index contributed by atoms with van der Waals surface area (Å²) in [6, 6.07) is 0. The molecule has 1 heterocycles. The van der Waals surface area contributed by atoms with Gasteiger partial charge in [0, 0.05) is 6.42 Å². The van der Waals surface area contributed by atoms with Gasteiger partial charge in [0.1, 0.15) is 14.2 Å². The van der Waals surface area contributed by atoms with Gasteiger partial charge in [0.05, 0.1) is 12.7 Å². The van der Waals surface area contributed by atoms with Crippen LogP contribution in [0.2, 0.25) is 19.6 Å². The minimum absolute atomic E-state index is 0.225. The van der Waals surface area contributed by atoms with E-state index in [-0.39, 0.29) is 12.2 Å². The van der Waals surface area contributed by atoms with E-state index in [1.54, 1.807) is 0 Å². The fraction of sp³-hybridized carbons (Fsp3) is 0.778. The number of ether oxygens (including phenoxy) is 1. The fourth-order valence-electron chi connectivity index (χ4n) is 1.00. The second-order valence-electron chi connectivity index (χ2n) is 4.17. The van der Waals surface area contributed by atoms with Gasteiger partial charge in [-0.3, -0.25) is 0 Å². The minimum atomic E-state index is -1.31. The zero-order valence-electron chi connectivity index (χ0n) is 7.92. The van der Waals surface area contributed by atoms with Crippen molar-refractivity contribution in [3.63, 3.8) is 0 Å². The highest BCUT2D eigenvalue weighted by atomic mass is 28.3. The van der Waals surface area contributed by atoms with E-state index in [1.165, 1.54) is 0 Å². The molecule has 1 saturated heterocycles. The van der Waals surface area contributed by atoms with Crippen LogP contribution in [-0.2, 0) is 4.74 Å². The van der Waals surface area contributed by atoms with Crippen molar-refractivity contribution in [2.45, 2.75) is 38.3 Å². The molecule has 1 aliphatic heterocycles. The highest BCUT2D eigenvalue weighted by Crippen LogP contribution is 2.12. The summed E-state index contributed by atoms with van der Waals surface area (Å²) >= 11 is 0. The van der Waals surface area contributed by atoms with E-state index in [0.717, 1.165) is 6.42 Å². The van der Waals surface area contributed by atoms with Crippen LogP contribution in [0.4, 0.5) is 0 Å². The number of aliphatic hydroxyl groups is 1. The summed E-state index contributed by atoms with van der Waals surface area (Å²) in [4.78, 5) is 0. The first-order valence-corrected chi connectivity index (χ1v) is 7.81. The highest BCUT2D eigenvalue weighted by molar-refractivity contribution is 6.83. The molecule has 0 aromatic heterocycles. The Balaban J connectivity index is 2.53. The van der Waals surface area contributed by atoms with Crippen molar-refractivity contribution in [3.8, 4) is 11.5 Å². The Morgan fingerprint density at radius 3 is 2.50 bits per heavy atom. The van der Waals surface area contributed by atoms with Crippen LogP contribution in [0.15, 0.2) is 0 Å². The molecule has 12 heavy (non-hydrogen) atoms. The molecule has 0 amide bonds. The molecule has 1 N–H and O–H groups in total. The number of hydrogen-bond acceptors (Lipinski definition) is 2. The summed E-state index contributed by atoms with van der Waals surface area (Å²) in [6.07, 6.45) is 0.135. The summed E-state index contributed by atoms with van der Waals surface area (Å²) in [5.74, 6) is 3.01. The summed E-state index contributed by atoms with van der Waals surface area (Å²) < 4.78 is 5.26. The second kappa shape index (κ2) is 3.61. The molecular formula is C9H16O2Si. The average molecular weight is 184 g/mol. The number of hydrogen-bond donors (Lipinski definition) is 1. The van der Waals surface area contributed by atoms with E-state index in [1.807, 2.05) is 0 Å². The van der Waals surface area contributed by atoms with Crippen LogP contribution < -0.4 is 0 Å². The van der Waals surface area contributed by atoms with E-state index < -0.39 is 8.07 Å². The second-order valence-corrected chi connectivity index (χ2v) is 8.92. The zero-order valence-corrected chi connectivity index (χ0v) is 8.92. The van der Waals surface area contributed by atoms with Crippen molar-refractivity contribution in [1.29, 1.82) is 0 Å². The van der Waals surface area contributed by atoms with Crippen LogP contribution in [0.1, 0.15) is 6.42 Å². The lowest BCUT2D eigenvalue weighted by Crippen LogP contribution is -2.22. The zero-order chi connectivity index (χ0) is 9.19. The van der Waals surface area contributed by atoms with Crippen LogP contribution in [0.3, 0.4) is 0 Å². The molecule has 0 bridgehead atoms. The maximum absolute atomic E-state index is 9.37. The van der Waals surface area contributed by atoms with Gasteiger partial charge in [-0.25, -0.2) is 0 Å². The Bertz CT molecular complexity index is 209. The highest BCUT2D eigenvalue weighted by Gasteiger charge is 2.24.